The van der Waals surface area contributed by atoms with Crippen LogP contribution in [0.25, 0.3) is 0 Å². The second-order valence-electron chi connectivity index (χ2n) is 3.61. The van der Waals surface area contributed by atoms with Gasteiger partial charge in [-0.2, -0.15) is 0 Å². The van der Waals surface area contributed by atoms with E-state index in [1.165, 1.54) is 0 Å². The zero-order valence-electron chi connectivity index (χ0n) is 9.40. The lowest BCUT2D eigenvalue weighted by Gasteiger charge is -2.11. The highest BCUT2D eigenvalue weighted by Gasteiger charge is 2.05. The Hall–Kier alpha value is -0.670. The monoisotopic (exact) mass is 225 g/mol. The molecule has 15 heavy (non-hydrogen) atoms. The molecule has 0 spiro atoms. The summed E-state index contributed by atoms with van der Waals surface area (Å²) in [5.74, 6) is 0.734. The largest absolute Gasteiger partial charge is 0.315 e. The van der Waals surface area contributed by atoms with Crippen LogP contribution in [0.1, 0.15) is 20.3 Å². The van der Waals surface area contributed by atoms with Crippen molar-refractivity contribution in [2.45, 2.75) is 31.2 Å². The van der Waals surface area contributed by atoms with Crippen molar-refractivity contribution in [1.29, 1.82) is 0 Å². The van der Waals surface area contributed by atoms with E-state index in [9.17, 15) is 4.21 Å². The van der Waals surface area contributed by atoms with Gasteiger partial charge in [0.15, 0.2) is 0 Å². The zero-order valence-corrected chi connectivity index (χ0v) is 10.2. The molecule has 2 atom stereocenters. The third kappa shape index (κ3) is 4.58. The Morgan fingerprint density at radius 2 is 2.00 bits per heavy atom. The number of hydrogen-bond acceptors (Lipinski definition) is 2. The number of rotatable bonds is 6. The first-order chi connectivity index (χ1) is 7.24. The predicted molar refractivity (Wildman–Crippen MR) is 65.5 cm³/mol. The van der Waals surface area contributed by atoms with Crippen molar-refractivity contribution in [3.8, 4) is 0 Å². The van der Waals surface area contributed by atoms with Crippen molar-refractivity contribution in [2.24, 2.45) is 0 Å². The van der Waals surface area contributed by atoms with Gasteiger partial charge < -0.3 is 5.32 Å². The lowest BCUT2D eigenvalue weighted by Crippen LogP contribution is -2.27. The van der Waals surface area contributed by atoms with Gasteiger partial charge in [-0.25, -0.2) is 0 Å². The number of hydrogen-bond donors (Lipinski definition) is 1. The van der Waals surface area contributed by atoms with E-state index in [4.69, 9.17) is 0 Å². The molecule has 2 unspecified atom stereocenters. The molecule has 3 heteroatoms. The topological polar surface area (TPSA) is 29.1 Å². The van der Waals surface area contributed by atoms with E-state index in [2.05, 4.69) is 19.2 Å². The third-order valence-corrected chi connectivity index (χ3v) is 3.70. The molecule has 1 aromatic carbocycles. The van der Waals surface area contributed by atoms with E-state index in [-0.39, 0.29) is 0 Å². The average molecular weight is 225 g/mol. The molecule has 2 nitrogen and oxygen atoms in total. The molecule has 0 saturated heterocycles. The fourth-order valence-electron chi connectivity index (χ4n) is 1.42. The zero-order chi connectivity index (χ0) is 11.1. The van der Waals surface area contributed by atoms with Crippen LogP contribution in [0.15, 0.2) is 35.2 Å². The van der Waals surface area contributed by atoms with Gasteiger partial charge in [0.05, 0.1) is 10.8 Å². The second-order valence-corrected chi connectivity index (χ2v) is 5.18. The van der Waals surface area contributed by atoms with Gasteiger partial charge >= 0.3 is 0 Å². The molecule has 1 N–H and O–H groups in total. The lowest BCUT2D eigenvalue weighted by atomic mass is 10.3. The lowest BCUT2D eigenvalue weighted by molar-refractivity contribution is 0.553. The van der Waals surface area contributed by atoms with Crippen LogP contribution in [-0.4, -0.2) is 22.5 Å². The van der Waals surface area contributed by atoms with Crippen LogP contribution < -0.4 is 5.32 Å². The summed E-state index contributed by atoms with van der Waals surface area (Å²) in [6.45, 7) is 5.19. The van der Waals surface area contributed by atoms with Gasteiger partial charge in [-0.3, -0.25) is 4.21 Å². The number of benzene rings is 1. The standard InChI is InChI=1S/C12H19NOS/c1-3-13-11(2)9-10-15(14)12-7-5-4-6-8-12/h4-8,11,13H,3,9-10H2,1-2H3. The van der Waals surface area contributed by atoms with Gasteiger partial charge in [0.2, 0.25) is 0 Å². The molecule has 0 amide bonds. The Bertz CT molecular complexity index is 300. The molecule has 84 valence electrons. The molecule has 0 aromatic heterocycles. The summed E-state index contributed by atoms with van der Waals surface area (Å²) in [7, 11) is -0.848. The Balaban J connectivity index is 2.37. The molecule has 0 saturated carbocycles. The van der Waals surface area contributed by atoms with Gasteiger partial charge in [0, 0.05) is 16.7 Å². The highest BCUT2D eigenvalue weighted by atomic mass is 32.2. The third-order valence-electron chi connectivity index (χ3n) is 2.29. The molecular formula is C12H19NOS. The van der Waals surface area contributed by atoms with Crippen LogP contribution in [-0.2, 0) is 10.8 Å². The normalized spacial score (nSPS) is 14.8. The predicted octanol–water partition coefficient (Wildman–Crippen LogP) is 2.18. The van der Waals surface area contributed by atoms with E-state index >= 15 is 0 Å². The quantitative estimate of drug-likeness (QED) is 0.804. The molecule has 0 aliphatic heterocycles. The fraction of sp³-hybridized carbons (Fsp3) is 0.500. The van der Waals surface area contributed by atoms with Crippen molar-refractivity contribution in [3.63, 3.8) is 0 Å². The van der Waals surface area contributed by atoms with Crippen molar-refractivity contribution in [3.05, 3.63) is 30.3 Å². The molecule has 0 bridgehead atoms. The maximum atomic E-state index is 11.8. The maximum absolute atomic E-state index is 11.8. The van der Waals surface area contributed by atoms with Crippen LogP contribution in [0.5, 0.6) is 0 Å². The van der Waals surface area contributed by atoms with Crippen LogP contribution in [0.3, 0.4) is 0 Å². The molecular weight excluding hydrogens is 206 g/mol. The number of nitrogens with one attached hydrogen (secondary N) is 1. The first kappa shape index (κ1) is 12.4. The van der Waals surface area contributed by atoms with E-state index in [0.29, 0.717) is 6.04 Å². The van der Waals surface area contributed by atoms with Crippen LogP contribution >= 0.6 is 0 Å². The van der Waals surface area contributed by atoms with E-state index in [1.54, 1.807) is 0 Å². The summed E-state index contributed by atoms with van der Waals surface area (Å²) in [4.78, 5) is 0.932. The summed E-state index contributed by atoms with van der Waals surface area (Å²) < 4.78 is 11.8. The minimum atomic E-state index is -0.848. The van der Waals surface area contributed by atoms with E-state index in [1.807, 2.05) is 30.3 Å². The van der Waals surface area contributed by atoms with Crippen LogP contribution in [0.2, 0.25) is 0 Å². The average Bonchev–Trinajstić information content (AvgIpc) is 2.27. The molecule has 0 aliphatic carbocycles. The minimum Gasteiger partial charge on any atom is -0.315 e. The molecule has 0 fully saturated rings. The Morgan fingerprint density at radius 1 is 1.33 bits per heavy atom. The Labute approximate surface area is 94.5 Å². The smallest absolute Gasteiger partial charge is 0.0530 e. The summed E-state index contributed by atoms with van der Waals surface area (Å²) in [5.41, 5.74) is 0. The van der Waals surface area contributed by atoms with E-state index < -0.39 is 10.8 Å². The van der Waals surface area contributed by atoms with Gasteiger partial charge in [-0.05, 0) is 32.0 Å². The SMILES string of the molecule is CCNC(C)CCS(=O)c1ccccc1. The molecule has 0 radical (unpaired) electrons. The molecule has 1 rings (SSSR count). The first-order valence-electron chi connectivity index (χ1n) is 5.41. The van der Waals surface area contributed by atoms with Crippen molar-refractivity contribution in [1.82, 2.24) is 5.32 Å². The van der Waals surface area contributed by atoms with Crippen molar-refractivity contribution >= 4 is 10.8 Å². The fourth-order valence-corrected chi connectivity index (χ4v) is 2.69. The summed E-state index contributed by atoms with van der Waals surface area (Å²) in [5, 5.41) is 3.32. The summed E-state index contributed by atoms with van der Waals surface area (Å²) in [6, 6.07) is 10.1. The van der Waals surface area contributed by atoms with Gasteiger partial charge in [-0.15, -0.1) is 0 Å². The first-order valence-corrected chi connectivity index (χ1v) is 6.72. The minimum absolute atomic E-state index is 0.447. The molecule has 1 aromatic rings. The summed E-state index contributed by atoms with van der Waals surface area (Å²) >= 11 is 0. The Morgan fingerprint density at radius 3 is 2.60 bits per heavy atom. The highest BCUT2D eigenvalue weighted by Crippen LogP contribution is 2.07. The summed E-state index contributed by atoms with van der Waals surface area (Å²) in [6.07, 6.45) is 0.954. The van der Waals surface area contributed by atoms with Crippen molar-refractivity contribution in [2.75, 3.05) is 12.3 Å². The maximum Gasteiger partial charge on any atom is 0.0530 e. The molecule has 0 heterocycles. The Kier molecular flexibility index (Phi) is 5.58. The van der Waals surface area contributed by atoms with Crippen LogP contribution in [0.4, 0.5) is 0 Å². The van der Waals surface area contributed by atoms with Gasteiger partial charge in [-0.1, -0.05) is 25.1 Å². The van der Waals surface area contributed by atoms with Crippen LogP contribution in [0, 0.1) is 0 Å². The van der Waals surface area contributed by atoms with E-state index in [0.717, 1.165) is 23.6 Å². The highest BCUT2D eigenvalue weighted by molar-refractivity contribution is 7.85. The molecule has 0 aliphatic rings. The van der Waals surface area contributed by atoms with Crippen molar-refractivity contribution < 1.29 is 4.21 Å². The second kappa shape index (κ2) is 6.75. The van der Waals surface area contributed by atoms with Gasteiger partial charge in [0.1, 0.15) is 0 Å². The van der Waals surface area contributed by atoms with Gasteiger partial charge in [0.25, 0.3) is 0 Å².